The van der Waals surface area contributed by atoms with Crippen molar-refractivity contribution in [3.05, 3.63) is 41.2 Å². The van der Waals surface area contributed by atoms with Gasteiger partial charge < -0.3 is 20.3 Å². The van der Waals surface area contributed by atoms with Gasteiger partial charge in [0.15, 0.2) is 5.82 Å². The second-order valence-corrected chi connectivity index (χ2v) is 9.54. The van der Waals surface area contributed by atoms with E-state index in [1.807, 2.05) is 0 Å². The quantitative estimate of drug-likeness (QED) is 0.484. The van der Waals surface area contributed by atoms with Gasteiger partial charge in [-0.3, -0.25) is 10.2 Å². The first-order chi connectivity index (χ1) is 16.1. The Hall–Kier alpha value is -3.64. The molecule has 0 spiro atoms. The van der Waals surface area contributed by atoms with Crippen LogP contribution < -0.4 is 10.5 Å². The molecule has 1 saturated heterocycles. The normalized spacial score (nSPS) is 18.1. The van der Waals surface area contributed by atoms with Crippen LogP contribution in [0.4, 0.5) is 18.0 Å². The monoisotopic (exact) mass is 495 g/mol. The number of urea groups is 1. The maximum absolute atomic E-state index is 13.7. The summed E-state index contributed by atoms with van der Waals surface area (Å²) in [5, 5.41) is 11.5. The van der Waals surface area contributed by atoms with E-state index in [0.717, 1.165) is 9.58 Å². The number of amides is 2. The van der Waals surface area contributed by atoms with Crippen molar-refractivity contribution in [1.29, 1.82) is 5.41 Å². The molecular formula is C22H28F3N7O3. The highest BCUT2D eigenvalue weighted by molar-refractivity contribution is 5.94. The summed E-state index contributed by atoms with van der Waals surface area (Å²) in [6.45, 7) is 4.28. The minimum absolute atomic E-state index is 0.0680. The van der Waals surface area contributed by atoms with Gasteiger partial charge in [-0.2, -0.15) is 18.2 Å². The Balaban J connectivity index is 1.97. The van der Waals surface area contributed by atoms with Crippen LogP contribution in [0, 0.1) is 16.7 Å². The van der Waals surface area contributed by atoms with E-state index in [2.05, 4.69) is 10.1 Å². The van der Waals surface area contributed by atoms with E-state index in [9.17, 15) is 22.8 Å². The maximum Gasteiger partial charge on any atom is 0.395 e. The van der Waals surface area contributed by atoms with Crippen LogP contribution in [0.5, 0.6) is 6.01 Å². The van der Waals surface area contributed by atoms with Gasteiger partial charge in [0.1, 0.15) is 24.4 Å². The molecule has 10 nitrogen and oxygen atoms in total. The maximum atomic E-state index is 13.7. The van der Waals surface area contributed by atoms with E-state index in [0.29, 0.717) is 11.1 Å². The zero-order valence-electron chi connectivity index (χ0n) is 20.1. The summed E-state index contributed by atoms with van der Waals surface area (Å²) >= 11 is 0. The third kappa shape index (κ3) is 5.38. The zero-order valence-corrected chi connectivity index (χ0v) is 20.1. The number of nitrogens with zero attached hydrogens (tertiary/aromatic N) is 5. The highest BCUT2D eigenvalue weighted by Gasteiger charge is 2.58. The summed E-state index contributed by atoms with van der Waals surface area (Å²) < 4.78 is 47.5. The van der Waals surface area contributed by atoms with E-state index in [1.54, 1.807) is 45.0 Å². The SMILES string of the molecule is CN(C)C(=O)N1CC(C(F)(F)F)C1c1nc(OCc2ccc(C(=N)N)cc2)n(C(=O)C(C)(C)C)n1. The number of rotatable bonds is 5. The average Bonchev–Trinajstić information content (AvgIpc) is 3.12. The van der Waals surface area contributed by atoms with E-state index in [4.69, 9.17) is 15.9 Å². The van der Waals surface area contributed by atoms with Gasteiger partial charge in [0.05, 0.1) is 0 Å². The molecule has 1 aliphatic rings. The number of nitrogens with one attached hydrogen (secondary N) is 1. The summed E-state index contributed by atoms with van der Waals surface area (Å²) in [5.41, 5.74) is 5.67. The number of halogens is 3. The first-order valence-corrected chi connectivity index (χ1v) is 10.7. The lowest BCUT2D eigenvalue weighted by atomic mass is 9.87. The van der Waals surface area contributed by atoms with Gasteiger partial charge in [0.2, 0.25) is 0 Å². The van der Waals surface area contributed by atoms with Crippen LogP contribution >= 0.6 is 0 Å². The number of carbonyl (C=O) groups excluding carboxylic acids is 2. The van der Waals surface area contributed by atoms with E-state index in [-0.39, 0.29) is 24.3 Å². The van der Waals surface area contributed by atoms with Crippen LogP contribution in [0.2, 0.25) is 0 Å². The lowest BCUT2D eigenvalue weighted by Gasteiger charge is -2.47. The molecule has 13 heteroatoms. The van der Waals surface area contributed by atoms with Crippen LogP contribution in [0.3, 0.4) is 0 Å². The van der Waals surface area contributed by atoms with Crippen molar-refractivity contribution in [3.63, 3.8) is 0 Å². The first-order valence-electron chi connectivity index (χ1n) is 10.7. The molecule has 2 amide bonds. The number of nitrogens with two attached hydrogens (primary N) is 1. The Morgan fingerprint density at radius 2 is 1.80 bits per heavy atom. The van der Waals surface area contributed by atoms with Gasteiger partial charge in [-0.15, -0.1) is 9.78 Å². The summed E-state index contributed by atoms with van der Waals surface area (Å²) in [6, 6.07) is 4.16. The number of amidine groups is 1. The number of benzene rings is 1. The van der Waals surface area contributed by atoms with Crippen molar-refractivity contribution in [2.75, 3.05) is 20.6 Å². The lowest BCUT2D eigenvalue weighted by molar-refractivity contribution is -0.225. The van der Waals surface area contributed by atoms with E-state index in [1.165, 1.54) is 19.0 Å². The number of aromatic nitrogens is 3. The van der Waals surface area contributed by atoms with Crippen molar-refractivity contribution < 1.29 is 27.5 Å². The fourth-order valence-corrected chi connectivity index (χ4v) is 3.47. The summed E-state index contributed by atoms with van der Waals surface area (Å²) in [7, 11) is 2.86. The minimum atomic E-state index is -4.59. The Morgan fingerprint density at radius 1 is 1.20 bits per heavy atom. The molecule has 0 bridgehead atoms. The largest absolute Gasteiger partial charge is 0.458 e. The van der Waals surface area contributed by atoms with Crippen molar-refractivity contribution in [2.45, 2.75) is 39.6 Å². The minimum Gasteiger partial charge on any atom is -0.458 e. The molecule has 0 aliphatic carbocycles. The Labute approximate surface area is 200 Å². The molecule has 2 atom stereocenters. The molecule has 1 aliphatic heterocycles. The molecule has 0 saturated carbocycles. The van der Waals surface area contributed by atoms with E-state index >= 15 is 0 Å². The number of hydrogen-bond acceptors (Lipinski definition) is 6. The molecule has 0 radical (unpaired) electrons. The summed E-state index contributed by atoms with van der Waals surface area (Å²) in [6.07, 6.45) is -4.59. The molecular weight excluding hydrogens is 467 g/mol. The number of likely N-dealkylation sites (tertiary alicyclic amines) is 1. The standard InChI is InChI=1S/C22H28F3N7O3/c1-21(2,3)18(33)32-19(35-11-12-6-8-13(9-7-12)16(26)27)28-17(29-32)15-14(22(23,24)25)10-31(15)20(34)30(4)5/h6-9,14-15H,10-11H2,1-5H3,(H3,26,27). The Kier molecular flexibility index (Phi) is 6.82. The van der Waals surface area contributed by atoms with Crippen LogP contribution in [0.15, 0.2) is 24.3 Å². The van der Waals surface area contributed by atoms with Crippen LogP contribution in [-0.4, -0.2) is 69.2 Å². The van der Waals surface area contributed by atoms with E-state index < -0.39 is 42.0 Å². The number of nitrogen functional groups attached to an aromatic ring is 1. The second-order valence-electron chi connectivity index (χ2n) is 9.54. The molecule has 190 valence electrons. The number of alkyl halides is 3. The van der Waals surface area contributed by atoms with Crippen LogP contribution in [0.1, 0.15) is 48.6 Å². The third-order valence-corrected chi connectivity index (χ3v) is 5.48. The second kappa shape index (κ2) is 9.19. The van der Waals surface area contributed by atoms with Gasteiger partial charge in [0.25, 0.3) is 5.91 Å². The molecule has 35 heavy (non-hydrogen) atoms. The molecule has 2 aromatic rings. The van der Waals surface area contributed by atoms with Gasteiger partial charge in [-0.1, -0.05) is 45.0 Å². The molecule has 1 fully saturated rings. The molecule has 2 heterocycles. The molecule has 3 rings (SSSR count). The van der Waals surface area contributed by atoms with Crippen LogP contribution in [0.25, 0.3) is 0 Å². The van der Waals surface area contributed by atoms with Crippen molar-refractivity contribution in [3.8, 4) is 6.01 Å². The number of hydrogen-bond donors (Lipinski definition) is 2. The molecule has 2 unspecified atom stereocenters. The highest BCUT2D eigenvalue weighted by atomic mass is 19.4. The predicted octanol–water partition coefficient (Wildman–Crippen LogP) is 3.04. The Morgan fingerprint density at radius 3 is 2.29 bits per heavy atom. The summed E-state index contributed by atoms with van der Waals surface area (Å²) in [4.78, 5) is 31.8. The van der Waals surface area contributed by atoms with Gasteiger partial charge in [-0.25, -0.2) is 4.79 Å². The zero-order chi connectivity index (χ0) is 26.3. The van der Waals surface area contributed by atoms with Crippen molar-refractivity contribution >= 4 is 17.8 Å². The average molecular weight is 496 g/mol. The molecule has 1 aromatic heterocycles. The summed E-state index contributed by atoms with van der Waals surface area (Å²) in [5.74, 6) is -2.84. The first kappa shape index (κ1) is 26.0. The third-order valence-electron chi connectivity index (χ3n) is 5.48. The number of carbonyl (C=O) groups is 2. The van der Waals surface area contributed by atoms with Gasteiger partial charge in [-0.05, 0) is 5.56 Å². The topological polar surface area (TPSA) is 130 Å². The van der Waals surface area contributed by atoms with Crippen LogP contribution in [-0.2, 0) is 6.61 Å². The fourth-order valence-electron chi connectivity index (χ4n) is 3.47. The molecule has 1 aromatic carbocycles. The van der Waals surface area contributed by atoms with Gasteiger partial charge >= 0.3 is 18.2 Å². The van der Waals surface area contributed by atoms with Crippen molar-refractivity contribution in [2.24, 2.45) is 17.1 Å². The lowest BCUT2D eigenvalue weighted by Crippen LogP contribution is -2.60. The number of ether oxygens (including phenoxy) is 1. The van der Waals surface area contributed by atoms with Gasteiger partial charge in [0, 0.05) is 31.6 Å². The smallest absolute Gasteiger partial charge is 0.395 e. The van der Waals surface area contributed by atoms with Crippen molar-refractivity contribution in [1.82, 2.24) is 24.6 Å². The Bertz CT molecular complexity index is 1120. The highest BCUT2D eigenvalue weighted by Crippen LogP contribution is 2.47. The molecule has 3 N–H and O–H groups in total. The fraction of sp³-hybridized carbons (Fsp3) is 0.500. The predicted molar refractivity (Wildman–Crippen MR) is 120 cm³/mol.